The number of aromatic nitrogens is 3. The van der Waals surface area contributed by atoms with E-state index in [2.05, 4.69) is 186 Å². The number of benzene rings is 6. The summed E-state index contributed by atoms with van der Waals surface area (Å²) in [6.07, 6.45) is 0. The molecule has 3 heteroatoms. The number of nitrogens with zero attached hydrogens (tertiary/aromatic N) is 3. The lowest BCUT2D eigenvalue weighted by molar-refractivity contribution is 1.01. The van der Waals surface area contributed by atoms with E-state index in [-0.39, 0.29) is 0 Å². The highest BCUT2D eigenvalue weighted by atomic mass is 14.9. The zero-order valence-electron chi connectivity index (χ0n) is 41.7. The van der Waals surface area contributed by atoms with E-state index in [1.54, 1.807) is 0 Å². The summed E-state index contributed by atoms with van der Waals surface area (Å²) in [6, 6.07) is 39.4. The average molecular weight is 808 g/mol. The van der Waals surface area contributed by atoms with Gasteiger partial charge in [-0.3, -0.25) is 0 Å². The van der Waals surface area contributed by atoms with Crippen molar-refractivity contribution in [1.82, 2.24) is 13.7 Å². The molecule has 3 heterocycles. The van der Waals surface area contributed by atoms with Crippen molar-refractivity contribution in [2.24, 2.45) is 21.1 Å². The molecule has 9 rings (SSSR count). The molecule has 0 N–H and O–H groups in total. The Kier molecular flexibility index (Phi) is 22.9. The third-order valence-corrected chi connectivity index (χ3v) is 10.3. The highest BCUT2D eigenvalue weighted by molar-refractivity contribution is 6.12. The first-order valence-corrected chi connectivity index (χ1v) is 22.9. The fourth-order valence-electron chi connectivity index (χ4n) is 7.74. The van der Waals surface area contributed by atoms with Crippen LogP contribution in [0.1, 0.15) is 116 Å². The molecule has 0 amide bonds. The van der Waals surface area contributed by atoms with Gasteiger partial charge in [0.2, 0.25) is 0 Å². The van der Waals surface area contributed by atoms with Gasteiger partial charge in [0.1, 0.15) is 0 Å². The lowest BCUT2D eigenvalue weighted by Crippen LogP contribution is -1.86. The first-order chi connectivity index (χ1) is 29.1. The molecular weight excluding hydrogens is 727 g/mol. The van der Waals surface area contributed by atoms with Crippen molar-refractivity contribution in [1.29, 1.82) is 0 Å². The third kappa shape index (κ3) is 11.1. The van der Waals surface area contributed by atoms with Crippen molar-refractivity contribution < 1.29 is 0 Å². The predicted molar refractivity (Wildman–Crippen MR) is 278 cm³/mol. The van der Waals surface area contributed by atoms with E-state index >= 15 is 0 Å². The van der Waals surface area contributed by atoms with E-state index in [9.17, 15) is 0 Å². The van der Waals surface area contributed by atoms with Gasteiger partial charge in [-0.05, 0) is 112 Å². The molecule has 6 aromatic carbocycles. The molecule has 0 aliphatic rings. The summed E-state index contributed by atoms with van der Waals surface area (Å²) in [6.45, 7) is 37.0. The molecule has 0 bridgehead atoms. The normalized spacial score (nSPS) is 9.75. The van der Waals surface area contributed by atoms with Crippen molar-refractivity contribution in [2.75, 3.05) is 0 Å². The van der Waals surface area contributed by atoms with Crippen LogP contribution in [-0.4, -0.2) is 13.7 Å². The summed E-state index contributed by atoms with van der Waals surface area (Å²) in [5.41, 5.74) is 16.0. The Bertz CT molecular complexity index is 2590. The van der Waals surface area contributed by atoms with Crippen molar-refractivity contribution in [3.05, 3.63) is 143 Å². The predicted octanol–water partition coefficient (Wildman–Crippen LogP) is 18.0. The SMILES string of the molecule is CC.CC.CC.CC.CC.CC.Cc1ccc2c(c1)c1c(C)cccc1n2C.Cc1ccc2c3c(C)cccc3n(C)c2c1.Cc1cccc2c1c1c(C)cccc1n2C. The molecule has 9 aromatic rings. The Morgan fingerprint density at radius 2 is 0.567 bits per heavy atom. The molecule has 0 saturated heterocycles. The van der Waals surface area contributed by atoms with Crippen LogP contribution < -0.4 is 0 Å². The molecule has 60 heavy (non-hydrogen) atoms. The minimum Gasteiger partial charge on any atom is -0.344 e. The maximum Gasteiger partial charge on any atom is 0.0491 e. The van der Waals surface area contributed by atoms with Crippen LogP contribution in [0.5, 0.6) is 0 Å². The second-order valence-electron chi connectivity index (χ2n) is 13.6. The van der Waals surface area contributed by atoms with Crippen molar-refractivity contribution in [2.45, 2.75) is 125 Å². The molecule has 0 atom stereocenters. The lowest BCUT2D eigenvalue weighted by atomic mass is 10.0. The van der Waals surface area contributed by atoms with Crippen LogP contribution in [0.3, 0.4) is 0 Å². The maximum absolute atomic E-state index is 2.28. The van der Waals surface area contributed by atoms with Gasteiger partial charge in [-0.2, -0.15) is 0 Å². The molecule has 0 saturated carbocycles. The van der Waals surface area contributed by atoms with Crippen LogP contribution in [0.4, 0.5) is 0 Å². The number of fused-ring (bicyclic) bond motifs is 9. The van der Waals surface area contributed by atoms with E-state index in [1.165, 1.54) is 98.8 Å². The van der Waals surface area contributed by atoms with Gasteiger partial charge in [-0.1, -0.05) is 155 Å². The second kappa shape index (κ2) is 26.0. The van der Waals surface area contributed by atoms with Crippen LogP contribution in [0.25, 0.3) is 65.4 Å². The molecule has 3 aromatic heterocycles. The van der Waals surface area contributed by atoms with E-state index < -0.39 is 0 Å². The topological polar surface area (TPSA) is 14.8 Å². The molecule has 0 fully saturated rings. The lowest BCUT2D eigenvalue weighted by Gasteiger charge is -1.98. The minimum absolute atomic E-state index is 1.31. The quantitative estimate of drug-likeness (QED) is 0.145. The van der Waals surface area contributed by atoms with Crippen LogP contribution in [0, 0.1) is 41.5 Å². The Labute approximate surface area is 366 Å². The molecular formula is C57H81N3. The minimum atomic E-state index is 1.31. The highest BCUT2D eigenvalue weighted by Crippen LogP contribution is 2.34. The van der Waals surface area contributed by atoms with E-state index in [0.29, 0.717) is 0 Å². The largest absolute Gasteiger partial charge is 0.344 e. The highest BCUT2D eigenvalue weighted by Gasteiger charge is 2.12. The Balaban J connectivity index is 0.000000399. The molecule has 324 valence electrons. The van der Waals surface area contributed by atoms with Gasteiger partial charge in [0.15, 0.2) is 0 Å². The zero-order valence-corrected chi connectivity index (χ0v) is 41.7. The van der Waals surface area contributed by atoms with Crippen LogP contribution in [0.15, 0.2) is 109 Å². The summed E-state index contributed by atoms with van der Waals surface area (Å²) in [4.78, 5) is 0. The van der Waals surface area contributed by atoms with Crippen molar-refractivity contribution >= 4 is 65.4 Å². The molecule has 3 nitrogen and oxygen atoms in total. The van der Waals surface area contributed by atoms with Gasteiger partial charge in [0, 0.05) is 86.6 Å². The second-order valence-corrected chi connectivity index (χ2v) is 13.6. The number of rotatable bonds is 0. The van der Waals surface area contributed by atoms with Gasteiger partial charge in [0.05, 0.1) is 0 Å². The molecule has 0 spiro atoms. The standard InChI is InChI=1S/3C15H15N.6C2H6/c1-10-6-4-8-12-14(10)15-11(2)7-5-9-13(15)16(12)3;1-10-7-8-13-12(9-10)15-11(2)5-4-6-14(15)16(13)3;1-10-7-8-12-14(9-10)16(3)13-6-4-5-11(2)15(12)13;6*1-2/h3*4-9H,1-3H3;6*1-2H3. The van der Waals surface area contributed by atoms with Gasteiger partial charge in [-0.15, -0.1) is 0 Å². The summed E-state index contributed by atoms with van der Waals surface area (Å²) in [5, 5.41) is 8.32. The monoisotopic (exact) mass is 808 g/mol. The first kappa shape index (κ1) is 52.7. The molecule has 0 radical (unpaired) electrons. The Morgan fingerprint density at radius 1 is 0.267 bits per heavy atom. The van der Waals surface area contributed by atoms with Gasteiger partial charge < -0.3 is 13.7 Å². The van der Waals surface area contributed by atoms with Crippen molar-refractivity contribution in [3.63, 3.8) is 0 Å². The molecule has 0 aliphatic heterocycles. The van der Waals surface area contributed by atoms with Gasteiger partial charge in [-0.25, -0.2) is 0 Å². The number of hydrogen-bond donors (Lipinski definition) is 0. The summed E-state index contributed by atoms with van der Waals surface area (Å²) in [5.74, 6) is 0. The number of hydrogen-bond acceptors (Lipinski definition) is 0. The molecule has 0 unspecified atom stereocenters. The van der Waals surface area contributed by atoms with Crippen molar-refractivity contribution in [3.8, 4) is 0 Å². The third-order valence-electron chi connectivity index (χ3n) is 10.3. The van der Waals surface area contributed by atoms with Crippen LogP contribution in [-0.2, 0) is 21.1 Å². The summed E-state index contributed by atoms with van der Waals surface area (Å²) >= 11 is 0. The zero-order chi connectivity index (χ0) is 45.9. The van der Waals surface area contributed by atoms with E-state index in [4.69, 9.17) is 0 Å². The summed E-state index contributed by atoms with van der Waals surface area (Å²) in [7, 11) is 6.42. The molecule has 0 aliphatic carbocycles. The fourth-order valence-corrected chi connectivity index (χ4v) is 7.74. The van der Waals surface area contributed by atoms with Crippen LogP contribution in [0.2, 0.25) is 0 Å². The number of aryl methyl sites for hydroxylation is 9. The maximum atomic E-state index is 2.28. The smallest absolute Gasteiger partial charge is 0.0491 e. The summed E-state index contributed by atoms with van der Waals surface area (Å²) < 4.78 is 6.84. The Hall–Kier alpha value is -5.28. The Morgan fingerprint density at radius 3 is 0.983 bits per heavy atom. The van der Waals surface area contributed by atoms with Gasteiger partial charge >= 0.3 is 0 Å². The van der Waals surface area contributed by atoms with Crippen LogP contribution >= 0.6 is 0 Å². The fraction of sp³-hybridized carbons (Fsp3) is 0.368. The van der Waals surface area contributed by atoms with E-state index in [1.807, 2.05) is 83.1 Å². The average Bonchev–Trinajstić information content (AvgIpc) is 3.88. The van der Waals surface area contributed by atoms with Gasteiger partial charge in [0.25, 0.3) is 0 Å². The first-order valence-electron chi connectivity index (χ1n) is 22.9. The van der Waals surface area contributed by atoms with E-state index in [0.717, 1.165) is 0 Å².